The molecule has 2 rings (SSSR count). The van der Waals surface area contributed by atoms with Crippen molar-refractivity contribution in [2.45, 2.75) is 26.2 Å². The Morgan fingerprint density at radius 2 is 1.89 bits per heavy atom. The van der Waals surface area contributed by atoms with Crippen molar-refractivity contribution in [3.05, 3.63) is 39.8 Å². The minimum absolute atomic E-state index is 0.482. The Hall–Kier alpha value is -1.55. The molecule has 0 aliphatic carbocycles. The molecule has 0 bridgehead atoms. The normalized spacial score (nSPS) is 10.8. The van der Waals surface area contributed by atoms with Gasteiger partial charge < -0.3 is 9.47 Å². The second-order valence-corrected chi connectivity index (χ2v) is 5.63. The first-order valence-electron chi connectivity index (χ1n) is 6.29. The van der Waals surface area contributed by atoms with E-state index in [1.807, 2.05) is 12.1 Å². The van der Waals surface area contributed by atoms with Gasteiger partial charge in [-0.3, -0.25) is 0 Å². The highest BCUT2D eigenvalue weighted by Gasteiger charge is 2.09. The average molecular weight is 277 g/mol. The predicted molar refractivity (Wildman–Crippen MR) is 78.6 cm³/mol. The van der Waals surface area contributed by atoms with E-state index in [4.69, 9.17) is 9.47 Å². The van der Waals surface area contributed by atoms with Gasteiger partial charge in [0.25, 0.3) is 0 Å². The Morgan fingerprint density at radius 1 is 1.16 bits per heavy atom. The van der Waals surface area contributed by atoms with Crippen LogP contribution in [0.1, 0.15) is 36.0 Å². The monoisotopic (exact) mass is 277 g/mol. The number of benzene rings is 1. The smallest absolute Gasteiger partial charge is 0.160 e. The Labute approximate surface area is 118 Å². The topological polar surface area (TPSA) is 31.4 Å². The van der Waals surface area contributed by atoms with E-state index in [2.05, 4.69) is 30.3 Å². The van der Waals surface area contributed by atoms with E-state index in [1.165, 1.54) is 11.3 Å². The molecule has 0 N–H and O–H groups in total. The van der Waals surface area contributed by atoms with E-state index in [-0.39, 0.29) is 0 Å². The zero-order valence-corrected chi connectivity index (χ0v) is 12.6. The van der Waals surface area contributed by atoms with Crippen molar-refractivity contribution in [3.63, 3.8) is 0 Å². The molecule has 102 valence electrons. The summed E-state index contributed by atoms with van der Waals surface area (Å²) < 4.78 is 10.6. The molecule has 0 radical (unpaired) electrons. The number of aromatic nitrogens is 1. The molecular weight excluding hydrogens is 258 g/mol. The third kappa shape index (κ3) is 3.26. The summed E-state index contributed by atoms with van der Waals surface area (Å²) >= 11 is 1.71. The largest absolute Gasteiger partial charge is 0.493 e. The number of nitrogens with zero attached hydrogens (tertiary/aromatic N) is 1. The molecular formula is C15H19NO2S. The number of methoxy groups -OCH3 is 2. The standard InChI is InChI=1S/C15H19NO2S/c1-10(2)12-9-19-15(16-12)8-11-5-6-13(17-3)14(7-11)18-4/h5-7,9-10H,8H2,1-4H3. The summed E-state index contributed by atoms with van der Waals surface area (Å²) in [6.07, 6.45) is 0.831. The van der Waals surface area contributed by atoms with Gasteiger partial charge in [0.05, 0.1) is 24.9 Å². The second kappa shape index (κ2) is 6.06. The third-order valence-electron chi connectivity index (χ3n) is 2.96. The van der Waals surface area contributed by atoms with Gasteiger partial charge in [-0.1, -0.05) is 19.9 Å². The number of thiazole rings is 1. The van der Waals surface area contributed by atoms with Crippen molar-refractivity contribution >= 4 is 11.3 Å². The van der Waals surface area contributed by atoms with Crippen LogP contribution in [0, 0.1) is 0 Å². The molecule has 1 aromatic carbocycles. The molecule has 0 saturated carbocycles. The molecule has 4 heteroatoms. The Bertz CT molecular complexity index is 549. The molecule has 3 nitrogen and oxygen atoms in total. The van der Waals surface area contributed by atoms with E-state index in [0.29, 0.717) is 5.92 Å². The van der Waals surface area contributed by atoms with Gasteiger partial charge in [-0.05, 0) is 23.6 Å². The Kier molecular flexibility index (Phi) is 4.43. The summed E-state index contributed by atoms with van der Waals surface area (Å²) in [7, 11) is 3.30. The minimum atomic E-state index is 0.482. The number of rotatable bonds is 5. The van der Waals surface area contributed by atoms with Crippen LogP contribution in [-0.4, -0.2) is 19.2 Å². The van der Waals surface area contributed by atoms with Crippen LogP contribution in [0.3, 0.4) is 0 Å². The molecule has 0 amide bonds. The summed E-state index contributed by atoms with van der Waals surface area (Å²) in [5.41, 5.74) is 2.35. The lowest BCUT2D eigenvalue weighted by Crippen LogP contribution is -1.94. The van der Waals surface area contributed by atoms with Crippen molar-refractivity contribution in [3.8, 4) is 11.5 Å². The molecule has 0 aliphatic rings. The summed E-state index contributed by atoms with van der Waals surface area (Å²) in [6, 6.07) is 6.00. The maximum atomic E-state index is 5.32. The fourth-order valence-corrected chi connectivity index (χ4v) is 2.83. The van der Waals surface area contributed by atoms with Gasteiger partial charge in [0.1, 0.15) is 0 Å². The van der Waals surface area contributed by atoms with Crippen LogP contribution >= 0.6 is 11.3 Å². The van der Waals surface area contributed by atoms with Gasteiger partial charge in [0.15, 0.2) is 11.5 Å². The van der Waals surface area contributed by atoms with Crippen molar-refractivity contribution < 1.29 is 9.47 Å². The number of hydrogen-bond donors (Lipinski definition) is 0. The van der Waals surface area contributed by atoms with Crippen LogP contribution in [0.2, 0.25) is 0 Å². The van der Waals surface area contributed by atoms with Crippen LogP contribution in [0.4, 0.5) is 0 Å². The lowest BCUT2D eigenvalue weighted by atomic mass is 10.1. The molecule has 0 fully saturated rings. The third-order valence-corrected chi connectivity index (χ3v) is 3.83. The van der Waals surface area contributed by atoms with Gasteiger partial charge in [-0.25, -0.2) is 4.98 Å². The van der Waals surface area contributed by atoms with Crippen molar-refractivity contribution in [1.29, 1.82) is 0 Å². The first kappa shape index (κ1) is 13.9. The first-order chi connectivity index (χ1) is 9.13. The summed E-state index contributed by atoms with van der Waals surface area (Å²) in [5, 5.41) is 3.27. The van der Waals surface area contributed by atoms with Crippen LogP contribution in [0.5, 0.6) is 11.5 Å². The van der Waals surface area contributed by atoms with E-state index in [0.717, 1.165) is 22.9 Å². The van der Waals surface area contributed by atoms with E-state index in [9.17, 15) is 0 Å². The van der Waals surface area contributed by atoms with E-state index >= 15 is 0 Å². The van der Waals surface area contributed by atoms with Gasteiger partial charge in [-0.15, -0.1) is 11.3 Å². The van der Waals surface area contributed by atoms with Gasteiger partial charge in [0, 0.05) is 11.8 Å². The second-order valence-electron chi connectivity index (χ2n) is 4.69. The summed E-state index contributed by atoms with van der Waals surface area (Å²) in [4.78, 5) is 4.65. The van der Waals surface area contributed by atoms with Gasteiger partial charge >= 0.3 is 0 Å². The van der Waals surface area contributed by atoms with Crippen molar-refractivity contribution in [2.24, 2.45) is 0 Å². The zero-order valence-electron chi connectivity index (χ0n) is 11.8. The highest BCUT2D eigenvalue weighted by molar-refractivity contribution is 7.09. The summed E-state index contributed by atoms with van der Waals surface area (Å²) in [6.45, 7) is 4.32. The highest BCUT2D eigenvalue weighted by Crippen LogP contribution is 2.29. The summed E-state index contributed by atoms with van der Waals surface area (Å²) in [5.74, 6) is 2.00. The Balaban J connectivity index is 2.18. The molecule has 0 saturated heterocycles. The molecule has 0 unspecified atom stereocenters. The van der Waals surface area contributed by atoms with Crippen LogP contribution in [0.25, 0.3) is 0 Å². The molecule has 0 spiro atoms. The van der Waals surface area contributed by atoms with Crippen molar-refractivity contribution in [1.82, 2.24) is 4.98 Å². The highest BCUT2D eigenvalue weighted by atomic mass is 32.1. The predicted octanol–water partition coefficient (Wildman–Crippen LogP) is 3.87. The van der Waals surface area contributed by atoms with E-state index < -0.39 is 0 Å². The molecule has 0 atom stereocenters. The molecule has 0 aliphatic heterocycles. The van der Waals surface area contributed by atoms with E-state index in [1.54, 1.807) is 25.6 Å². The Morgan fingerprint density at radius 3 is 2.47 bits per heavy atom. The van der Waals surface area contributed by atoms with Crippen molar-refractivity contribution in [2.75, 3.05) is 14.2 Å². The molecule has 1 heterocycles. The fraction of sp³-hybridized carbons (Fsp3) is 0.400. The quantitative estimate of drug-likeness (QED) is 0.831. The van der Waals surface area contributed by atoms with Gasteiger partial charge in [0.2, 0.25) is 0 Å². The number of ether oxygens (including phenoxy) is 2. The maximum absolute atomic E-state index is 5.32. The minimum Gasteiger partial charge on any atom is -0.493 e. The molecule has 1 aromatic heterocycles. The van der Waals surface area contributed by atoms with Crippen LogP contribution in [0.15, 0.2) is 23.6 Å². The number of hydrogen-bond acceptors (Lipinski definition) is 4. The lowest BCUT2D eigenvalue weighted by Gasteiger charge is -2.08. The first-order valence-corrected chi connectivity index (χ1v) is 7.17. The molecule has 19 heavy (non-hydrogen) atoms. The molecule has 2 aromatic rings. The van der Waals surface area contributed by atoms with Gasteiger partial charge in [-0.2, -0.15) is 0 Å². The maximum Gasteiger partial charge on any atom is 0.160 e. The average Bonchev–Trinajstić information content (AvgIpc) is 2.87. The SMILES string of the molecule is COc1ccc(Cc2nc(C(C)C)cs2)cc1OC. The lowest BCUT2D eigenvalue weighted by molar-refractivity contribution is 0.354. The van der Waals surface area contributed by atoms with Crippen LogP contribution < -0.4 is 9.47 Å². The zero-order chi connectivity index (χ0) is 13.8. The fourth-order valence-electron chi connectivity index (χ4n) is 1.84. The van der Waals surface area contributed by atoms with Crippen LogP contribution in [-0.2, 0) is 6.42 Å².